The van der Waals surface area contributed by atoms with Crippen molar-refractivity contribution < 1.29 is 9.84 Å². The number of aliphatic hydroxyl groups excluding tert-OH is 1. The first kappa shape index (κ1) is 16.5. The second-order valence-corrected chi connectivity index (χ2v) is 5.47. The number of hydrogen-bond acceptors (Lipinski definition) is 2. The highest BCUT2D eigenvalue weighted by Crippen LogP contribution is 2.24. The summed E-state index contributed by atoms with van der Waals surface area (Å²) in [6, 6.07) is 18.8. The van der Waals surface area contributed by atoms with Crippen molar-refractivity contribution in [3.8, 4) is 11.1 Å². The molecule has 0 fully saturated rings. The Hall–Kier alpha value is -1.90. The maximum atomic E-state index is 8.99. The average molecular weight is 296 g/mol. The lowest BCUT2D eigenvalue weighted by Crippen LogP contribution is -2.11. The molecule has 0 radical (unpaired) electrons. The van der Waals surface area contributed by atoms with Crippen molar-refractivity contribution in [2.45, 2.75) is 19.4 Å². The van der Waals surface area contributed by atoms with Crippen LogP contribution >= 0.6 is 0 Å². The van der Waals surface area contributed by atoms with Crippen LogP contribution in [0.15, 0.2) is 67.3 Å². The van der Waals surface area contributed by atoms with E-state index < -0.39 is 0 Å². The van der Waals surface area contributed by atoms with Crippen LogP contribution in [0.4, 0.5) is 0 Å². The first-order valence-corrected chi connectivity index (χ1v) is 7.75. The molecule has 0 aromatic heterocycles. The highest BCUT2D eigenvalue weighted by atomic mass is 16.5. The topological polar surface area (TPSA) is 29.5 Å². The molecule has 2 nitrogen and oxygen atoms in total. The SMILES string of the molecule is C=CC(CCO)COC(C)c1ccc(-c2ccccc2)cc1. The average Bonchev–Trinajstić information content (AvgIpc) is 2.59. The van der Waals surface area contributed by atoms with Crippen molar-refractivity contribution in [3.05, 3.63) is 72.8 Å². The number of benzene rings is 2. The number of ether oxygens (including phenoxy) is 1. The molecule has 2 rings (SSSR count). The van der Waals surface area contributed by atoms with Gasteiger partial charge in [-0.3, -0.25) is 0 Å². The van der Waals surface area contributed by atoms with E-state index >= 15 is 0 Å². The molecule has 2 aromatic rings. The van der Waals surface area contributed by atoms with Crippen LogP contribution in [0.1, 0.15) is 25.0 Å². The lowest BCUT2D eigenvalue weighted by atomic mass is 10.0. The second-order valence-electron chi connectivity index (χ2n) is 5.47. The standard InChI is InChI=1S/C20H24O2/c1-3-17(13-14-21)15-22-16(2)18-9-11-20(12-10-18)19-7-5-4-6-8-19/h3-12,16-17,21H,1,13-15H2,2H3. The van der Waals surface area contributed by atoms with Gasteiger partial charge in [-0.05, 0) is 30.0 Å². The minimum absolute atomic E-state index is 0.0333. The van der Waals surface area contributed by atoms with Gasteiger partial charge in [-0.2, -0.15) is 0 Å². The summed E-state index contributed by atoms with van der Waals surface area (Å²) in [5, 5.41) is 8.99. The lowest BCUT2D eigenvalue weighted by Gasteiger charge is -2.17. The third kappa shape index (κ3) is 4.55. The fourth-order valence-electron chi connectivity index (χ4n) is 2.38. The van der Waals surface area contributed by atoms with E-state index in [1.807, 2.05) is 24.3 Å². The third-order valence-electron chi connectivity index (χ3n) is 3.88. The molecule has 0 spiro atoms. The van der Waals surface area contributed by atoms with E-state index in [-0.39, 0.29) is 18.6 Å². The first-order chi connectivity index (χ1) is 10.7. The van der Waals surface area contributed by atoms with E-state index in [9.17, 15) is 0 Å². The molecule has 1 N–H and O–H groups in total. The Kier molecular flexibility index (Phi) is 6.38. The Morgan fingerprint density at radius 2 is 1.68 bits per heavy atom. The highest BCUT2D eigenvalue weighted by molar-refractivity contribution is 5.63. The van der Waals surface area contributed by atoms with Crippen LogP contribution in [-0.2, 0) is 4.74 Å². The first-order valence-electron chi connectivity index (χ1n) is 7.75. The van der Waals surface area contributed by atoms with Gasteiger partial charge in [0.05, 0.1) is 12.7 Å². The zero-order valence-corrected chi connectivity index (χ0v) is 13.1. The second kappa shape index (κ2) is 8.52. The predicted octanol–water partition coefficient (Wildman–Crippen LogP) is 4.62. The zero-order chi connectivity index (χ0) is 15.8. The van der Waals surface area contributed by atoms with Crippen molar-refractivity contribution in [2.24, 2.45) is 5.92 Å². The summed E-state index contributed by atoms with van der Waals surface area (Å²) in [5.41, 5.74) is 3.59. The van der Waals surface area contributed by atoms with Crippen LogP contribution in [0.2, 0.25) is 0 Å². The van der Waals surface area contributed by atoms with Gasteiger partial charge in [0.15, 0.2) is 0 Å². The van der Waals surface area contributed by atoms with Crippen molar-refractivity contribution >= 4 is 0 Å². The van der Waals surface area contributed by atoms with Gasteiger partial charge in [-0.25, -0.2) is 0 Å². The monoisotopic (exact) mass is 296 g/mol. The Bertz CT molecular complexity index is 560. The van der Waals surface area contributed by atoms with Gasteiger partial charge < -0.3 is 9.84 Å². The predicted molar refractivity (Wildman–Crippen MR) is 91.6 cm³/mol. The van der Waals surface area contributed by atoms with E-state index in [1.54, 1.807) is 0 Å². The molecule has 0 saturated carbocycles. The van der Waals surface area contributed by atoms with E-state index in [1.165, 1.54) is 11.1 Å². The van der Waals surface area contributed by atoms with Crippen molar-refractivity contribution in [1.82, 2.24) is 0 Å². The molecule has 0 bridgehead atoms. The number of hydrogen-bond donors (Lipinski definition) is 1. The van der Waals surface area contributed by atoms with Gasteiger partial charge in [-0.1, -0.05) is 60.7 Å². The molecule has 0 amide bonds. The normalized spacial score (nSPS) is 13.5. The molecule has 2 heteroatoms. The van der Waals surface area contributed by atoms with Crippen LogP contribution in [0.3, 0.4) is 0 Å². The van der Waals surface area contributed by atoms with E-state index in [0.29, 0.717) is 13.0 Å². The Morgan fingerprint density at radius 3 is 2.27 bits per heavy atom. The fourth-order valence-corrected chi connectivity index (χ4v) is 2.38. The largest absolute Gasteiger partial charge is 0.396 e. The van der Waals surface area contributed by atoms with Gasteiger partial charge in [-0.15, -0.1) is 6.58 Å². The molecule has 0 aliphatic carbocycles. The lowest BCUT2D eigenvalue weighted by molar-refractivity contribution is 0.0439. The minimum Gasteiger partial charge on any atom is -0.396 e. The third-order valence-corrected chi connectivity index (χ3v) is 3.88. The molecule has 0 aliphatic heterocycles. The van der Waals surface area contributed by atoms with Crippen molar-refractivity contribution in [2.75, 3.05) is 13.2 Å². The van der Waals surface area contributed by atoms with E-state index in [0.717, 1.165) is 5.56 Å². The smallest absolute Gasteiger partial charge is 0.0797 e. The molecule has 2 aromatic carbocycles. The summed E-state index contributed by atoms with van der Waals surface area (Å²) in [4.78, 5) is 0. The van der Waals surface area contributed by atoms with Crippen molar-refractivity contribution in [1.29, 1.82) is 0 Å². The summed E-state index contributed by atoms with van der Waals surface area (Å²) in [5.74, 6) is 0.205. The summed E-state index contributed by atoms with van der Waals surface area (Å²) >= 11 is 0. The van der Waals surface area contributed by atoms with E-state index in [2.05, 4.69) is 49.9 Å². The van der Waals surface area contributed by atoms with Gasteiger partial charge in [0.1, 0.15) is 0 Å². The molecular weight excluding hydrogens is 272 g/mol. The quantitative estimate of drug-likeness (QED) is 0.720. The minimum atomic E-state index is 0.0333. The maximum absolute atomic E-state index is 8.99. The molecule has 116 valence electrons. The number of aliphatic hydroxyl groups is 1. The number of rotatable bonds is 8. The Labute approximate surface area is 133 Å². The fraction of sp³-hybridized carbons (Fsp3) is 0.300. The van der Waals surface area contributed by atoms with Crippen LogP contribution < -0.4 is 0 Å². The summed E-state index contributed by atoms with van der Waals surface area (Å²) in [6.07, 6.45) is 2.58. The molecule has 0 aliphatic rings. The maximum Gasteiger partial charge on any atom is 0.0797 e. The highest BCUT2D eigenvalue weighted by Gasteiger charge is 2.10. The summed E-state index contributed by atoms with van der Waals surface area (Å²) in [7, 11) is 0. The van der Waals surface area contributed by atoms with Crippen LogP contribution in [-0.4, -0.2) is 18.3 Å². The van der Waals surface area contributed by atoms with Crippen LogP contribution in [0.25, 0.3) is 11.1 Å². The summed E-state index contributed by atoms with van der Waals surface area (Å²) < 4.78 is 5.90. The van der Waals surface area contributed by atoms with Gasteiger partial charge in [0.2, 0.25) is 0 Å². The molecule has 2 unspecified atom stereocenters. The molecule has 2 atom stereocenters. The molecule has 0 heterocycles. The van der Waals surface area contributed by atoms with Gasteiger partial charge in [0, 0.05) is 12.5 Å². The van der Waals surface area contributed by atoms with Crippen molar-refractivity contribution in [3.63, 3.8) is 0 Å². The zero-order valence-electron chi connectivity index (χ0n) is 13.1. The Morgan fingerprint density at radius 1 is 1.05 bits per heavy atom. The van der Waals surface area contributed by atoms with Gasteiger partial charge in [0.25, 0.3) is 0 Å². The molecule has 0 saturated heterocycles. The molecular formula is C20H24O2. The van der Waals surface area contributed by atoms with E-state index in [4.69, 9.17) is 9.84 Å². The summed E-state index contributed by atoms with van der Waals surface area (Å²) in [6.45, 7) is 6.59. The van der Waals surface area contributed by atoms with Crippen LogP contribution in [0.5, 0.6) is 0 Å². The van der Waals surface area contributed by atoms with Crippen LogP contribution in [0, 0.1) is 5.92 Å². The Balaban J connectivity index is 1.96. The van der Waals surface area contributed by atoms with Gasteiger partial charge >= 0.3 is 0 Å². The molecule has 22 heavy (non-hydrogen) atoms.